The molecule has 0 heterocycles. The fraction of sp³-hybridized carbons (Fsp3) is 0.389. The molecule has 0 fully saturated rings. The molecule has 9 heteroatoms. The molecule has 2 N–H and O–H groups in total. The standard InChI is InChI=1S/C18H22N2O7/c1-25-13-8-10(9-14(26-2)15(13)27-3)16(21)19-20-17(22)11-6-4-5-7-12(11)18(23)24/h4-5,8-9,11-12H,6-7H2,1-3H3,(H,19,21)(H,20,22)(H,23,24)/p-1/t11-,12+/m1/s1. The summed E-state index contributed by atoms with van der Waals surface area (Å²) in [5, 5.41) is 11.2. The van der Waals surface area contributed by atoms with E-state index in [9.17, 15) is 19.5 Å². The highest BCUT2D eigenvalue weighted by atomic mass is 16.5. The molecule has 2 atom stereocenters. The molecule has 1 aromatic rings. The lowest BCUT2D eigenvalue weighted by molar-refractivity contribution is -0.313. The van der Waals surface area contributed by atoms with Gasteiger partial charge >= 0.3 is 0 Å². The van der Waals surface area contributed by atoms with Gasteiger partial charge in [0.15, 0.2) is 11.5 Å². The first-order valence-corrected chi connectivity index (χ1v) is 8.19. The number of carboxylic acid groups (broad SMARTS) is 1. The highest BCUT2D eigenvalue weighted by Crippen LogP contribution is 2.38. The number of hydrogen-bond acceptors (Lipinski definition) is 7. The van der Waals surface area contributed by atoms with Crippen molar-refractivity contribution in [3.8, 4) is 17.2 Å². The van der Waals surface area contributed by atoms with E-state index < -0.39 is 29.6 Å². The maximum atomic E-state index is 12.4. The van der Waals surface area contributed by atoms with E-state index in [-0.39, 0.29) is 29.9 Å². The largest absolute Gasteiger partial charge is 0.550 e. The molecular weight excluding hydrogens is 356 g/mol. The third kappa shape index (κ3) is 4.49. The zero-order chi connectivity index (χ0) is 20.0. The smallest absolute Gasteiger partial charge is 0.269 e. The average molecular weight is 377 g/mol. The molecule has 0 aliphatic heterocycles. The van der Waals surface area contributed by atoms with Crippen molar-refractivity contribution in [1.29, 1.82) is 0 Å². The van der Waals surface area contributed by atoms with Gasteiger partial charge in [-0.2, -0.15) is 0 Å². The first-order chi connectivity index (χ1) is 12.9. The molecule has 1 aliphatic carbocycles. The van der Waals surface area contributed by atoms with Crippen molar-refractivity contribution in [1.82, 2.24) is 10.9 Å². The number of hydrogen-bond donors (Lipinski definition) is 2. The number of ether oxygens (including phenoxy) is 3. The summed E-state index contributed by atoms with van der Waals surface area (Å²) < 4.78 is 15.5. The van der Waals surface area contributed by atoms with E-state index in [1.807, 2.05) is 0 Å². The Bertz CT molecular complexity index is 735. The third-order valence-corrected chi connectivity index (χ3v) is 4.30. The molecule has 0 unspecified atom stereocenters. The van der Waals surface area contributed by atoms with Crippen LogP contribution in [-0.2, 0) is 9.59 Å². The van der Waals surface area contributed by atoms with E-state index in [4.69, 9.17) is 14.2 Å². The molecule has 1 aliphatic rings. The molecule has 0 radical (unpaired) electrons. The van der Waals surface area contributed by atoms with Gasteiger partial charge in [-0.1, -0.05) is 12.2 Å². The number of carbonyl (C=O) groups is 3. The first-order valence-electron chi connectivity index (χ1n) is 8.19. The number of rotatable bonds is 6. The summed E-state index contributed by atoms with van der Waals surface area (Å²) in [5.74, 6) is -3.39. The Balaban J connectivity index is 2.10. The monoisotopic (exact) mass is 377 g/mol. The summed E-state index contributed by atoms with van der Waals surface area (Å²) in [7, 11) is 4.27. The van der Waals surface area contributed by atoms with Crippen molar-refractivity contribution >= 4 is 17.8 Å². The van der Waals surface area contributed by atoms with E-state index in [0.717, 1.165) is 0 Å². The number of allylic oxidation sites excluding steroid dienone is 2. The van der Waals surface area contributed by atoms with Gasteiger partial charge in [-0.05, 0) is 25.0 Å². The summed E-state index contributed by atoms with van der Waals surface area (Å²) in [4.78, 5) is 35.8. The van der Waals surface area contributed by atoms with E-state index >= 15 is 0 Å². The van der Waals surface area contributed by atoms with Crippen LogP contribution in [-0.4, -0.2) is 39.1 Å². The van der Waals surface area contributed by atoms with Crippen molar-refractivity contribution in [2.24, 2.45) is 11.8 Å². The van der Waals surface area contributed by atoms with E-state index in [1.54, 1.807) is 12.2 Å². The van der Waals surface area contributed by atoms with Gasteiger partial charge in [-0.25, -0.2) is 0 Å². The Kier molecular flexibility index (Phi) is 6.64. The van der Waals surface area contributed by atoms with Crippen LogP contribution in [0.2, 0.25) is 0 Å². The summed E-state index contributed by atoms with van der Waals surface area (Å²) >= 11 is 0. The number of methoxy groups -OCH3 is 3. The third-order valence-electron chi connectivity index (χ3n) is 4.30. The van der Waals surface area contributed by atoms with Crippen LogP contribution in [0.3, 0.4) is 0 Å². The minimum Gasteiger partial charge on any atom is -0.550 e. The molecule has 0 aromatic heterocycles. The van der Waals surface area contributed by atoms with Crippen molar-refractivity contribution in [3.05, 3.63) is 29.8 Å². The number of nitrogens with one attached hydrogen (secondary N) is 2. The lowest BCUT2D eigenvalue weighted by atomic mass is 9.82. The number of carboxylic acids is 1. The predicted octanol–water partition coefficient (Wildman–Crippen LogP) is -0.194. The quantitative estimate of drug-likeness (QED) is 0.519. The summed E-state index contributed by atoms with van der Waals surface area (Å²) in [6.45, 7) is 0. The van der Waals surface area contributed by atoms with Crippen LogP contribution in [0.25, 0.3) is 0 Å². The van der Waals surface area contributed by atoms with Crippen LogP contribution in [0.5, 0.6) is 17.2 Å². The van der Waals surface area contributed by atoms with Gasteiger partial charge in [0.05, 0.1) is 27.2 Å². The van der Waals surface area contributed by atoms with Crippen molar-refractivity contribution in [3.63, 3.8) is 0 Å². The lowest BCUT2D eigenvalue weighted by Crippen LogP contribution is -2.49. The fourth-order valence-corrected chi connectivity index (χ4v) is 2.86. The van der Waals surface area contributed by atoms with Crippen LogP contribution in [0.15, 0.2) is 24.3 Å². The second-order valence-electron chi connectivity index (χ2n) is 5.83. The van der Waals surface area contributed by atoms with Crippen molar-refractivity contribution in [2.75, 3.05) is 21.3 Å². The highest BCUT2D eigenvalue weighted by Gasteiger charge is 2.30. The minimum atomic E-state index is -1.30. The minimum absolute atomic E-state index is 0.157. The summed E-state index contributed by atoms with van der Waals surface area (Å²) in [5.41, 5.74) is 4.69. The van der Waals surface area contributed by atoms with Gasteiger partial charge in [0.1, 0.15) is 0 Å². The topological polar surface area (TPSA) is 126 Å². The van der Waals surface area contributed by atoms with E-state index in [2.05, 4.69) is 10.9 Å². The molecule has 1 aromatic carbocycles. The van der Waals surface area contributed by atoms with E-state index in [1.165, 1.54) is 33.5 Å². The molecular formula is C18H21N2O7-. The Labute approximate surface area is 156 Å². The number of aliphatic carboxylic acids is 1. The highest BCUT2D eigenvalue weighted by molar-refractivity contribution is 5.97. The van der Waals surface area contributed by atoms with Crippen LogP contribution in [0.1, 0.15) is 23.2 Å². The van der Waals surface area contributed by atoms with E-state index in [0.29, 0.717) is 5.75 Å². The van der Waals surface area contributed by atoms with Gasteiger partial charge in [0.25, 0.3) is 5.91 Å². The Morgan fingerprint density at radius 1 is 0.926 bits per heavy atom. The predicted molar refractivity (Wildman–Crippen MR) is 92.1 cm³/mol. The van der Waals surface area contributed by atoms with Crippen LogP contribution in [0.4, 0.5) is 0 Å². The van der Waals surface area contributed by atoms with Gasteiger partial charge in [-0.15, -0.1) is 0 Å². The maximum absolute atomic E-state index is 12.4. The van der Waals surface area contributed by atoms with Crippen LogP contribution < -0.4 is 30.2 Å². The molecule has 146 valence electrons. The Hall–Kier alpha value is -3.23. The summed E-state index contributed by atoms with van der Waals surface area (Å²) in [6, 6.07) is 2.85. The van der Waals surface area contributed by atoms with Gasteiger partial charge < -0.3 is 24.1 Å². The molecule has 9 nitrogen and oxygen atoms in total. The van der Waals surface area contributed by atoms with Crippen molar-refractivity contribution in [2.45, 2.75) is 12.8 Å². The molecule has 2 amide bonds. The molecule has 0 bridgehead atoms. The first kappa shape index (κ1) is 20.1. The normalized spacial score (nSPS) is 18.3. The summed E-state index contributed by atoms with van der Waals surface area (Å²) in [6.07, 6.45) is 3.88. The Morgan fingerprint density at radius 2 is 1.48 bits per heavy atom. The van der Waals surface area contributed by atoms with Gasteiger partial charge in [0, 0.05) is 17.5 Å². The van der Waals surface area contributed by atoms with Crippen molar-refractivity contribution < 1.29 is 33.7 Å². The average Bonchev–Trinajstić information content (AvgIpc) is 2.70. The van der Waals surface area contributed by atoms with Crippen LogP contribution >= 0.6 is 0 Å². The SMILES string of the molecule is COc1cc(C(=O)NNC(=O)[C@@H]2CC=CC[C@@H]2C(=O)[O-])cc(OC)c1OC. The fourth-order valence-electron chi connectivity index (χ4n) is 2.86. The molecule has 0 spiro atoms. The maximum Gasteiger partial charge on any atom is 0.269 e. The Morgan fingerprint density at radius 3 is 1.96 bits per heavy atom. The number of carbonyl (C=O) groups excluding carboxylic acids is 3. The number of hydrazine groups is 1. The number of benzene rings is 1. The zero-order valence-corrected chi connectivity index (χ0v) is 15.2. The van der Waals surface area contributed by atoms with Crippen LogP contribution in [0, 0.1) is 11.8 Å². The number of amides is 2. The molecule has 0 saturated carbocycles. The van der Waals surface area contributed by atoms with Gasteiger partial charge in [0.2, 0.25) is 11.7 Å². The molecule has 0 saturated heterocycles. The molecule has 2 rings (SSSR count). The zero-order valence-electron chi connectivity index (χ0n) is 15.2. The second kappa shape index (κ2) is 8.93. The molecule has 27 heavy (non-hydrogen) atoms. The second-order valence-corrected chi connectivity index (χ2v) is 5.83. The lowest BCUT2D eigenvalue weighted by Gasteiger charge is -2.28. The van der Waals surface area contributed by atoms with Gasteiger partial charge in [-0.3, -0.25) is 20.4 Å².